The predicted molar refractivity (Wildman–Crippen MR) is 144 cm³/mol. The lowest BCUT2D eigenvalue weighted by atomic mass is 10.1. The molecule has 216 valence electrons. The monoisotopic (exact) mass is 572 g/mol. The molecule has 2 aliphatic rings. The van der Waals surface area contributed by atoms with Gasteiger partial charge in [-0.25, -0.2) is 5.10 Å². The zero-order valence-corrected chi connectivity index (χ0v) is 22.6. The van der Waals surface area contributed by atoms with Crippen LogP contribution in [0.4, 0.5) is 18.9 Å². The molecular formula is C26H36ClF3N6O3. The number of nitrogens with two attached hydrogens (primary N) is 1. The second-order valence-corrected chi connectivity index (χ2v) is 9.89. The lowest BCUT2D eigenvalue weighted by Gasteiger charge is -2.31. The molecule has 0 unspecified atom stereocenters. The van der Waals surface area contributed by atoms with Crippen molar-refractivity contribution in [2.75, 3.05) is 37.6 Å². The van der Waals surface area contributed by atoms with Crippen LogP contribution >= 0.6 is 12.4 Å². The van der Waals surface area contributed by atoms with Crippen LogP contribution in [0, 0.1) is 0 Å². The molecule has 2 aromatic rings. The van der Waals surface area contributed by atoms with Gasteiger partial charge in [-0.1, -0.05) is 18.9 Å². The van der Waals surface area contributed by atoms with E-state index in [1.165, 1.54) is 4.90 Å². The summed E-state index contributed by atoms with van der Waals surface area (Å²) in [7, 11) is 0. The van der Waals surface area contributed by atoms with Crippen LogP contribution in [-0.2, 0) is 24.1 Å². The molecule has 2 aliphatic heterocycles. The Bertz CT molecular complexity index is 1150. The van der Waals surface area contributed by atoms with E-state index < -0.39 is 17.3 Å². The molecule has 4 rings (SSSR count). The molecular weight excluding hydrogens is 537 g/mol. The van der Waals surface area contributed by atoms with Crippen LogP contribution in [-0.4, -0.2) is 59.8 Å². The van der Waals surface area contributed by atoms with E-state index in [4.69, 9.17) is 10.5 Å². The lowest BCUT2D eigenvalue weighted by Crippen LogP contribution is -2.43. The molecule has 0 radical (unpaired) electrons. The topological polar surface area (TPSA) is 117 Å². The molecule has 0 spiro atoms. The van der Waals surface area contributed by atoms with Crippen molar-refractivity contribution in [2.45, 2.75) is 63.9 Å². The van der Waals surface area contributed by atoms with Gasteiger partial charge in [0.2, 0.25) is 5.91 Å². The van der Waals surface area contributed by atoms with Crippen molar-refractivity contribution in [1.29, 1.82) is 0 Å². The quantitative estimate of drug-likeness (QED) is 0.354. The molecule has 9 nitrogen and oxygen atoms in total. The Labute approximate surface area is 231 Å². The van der Waals surface area contributed by atoms with Gasteiger partial charge in [0.25, 0.3) is 5.56 Å². The van der Waals surface area contributed by atoms with Crippen LogP contribution < -0.4 is 26.2 Å². The minimum Gasteiger partial charge on any atom is -0.490 e. The van der Waals surface area contributed by atoms with E-state index in [9.17, 15) is 22.8 Å². The molecule has 1 aromatic heterocycles. The molecule has 1 aromatic carbocycles. The largest absolute Gasteiger partial charge is 0.490 e. The number of hydrogen-bond acceptors (Lipinski definition) is 7. The lowest BCUT2D eigenvalue weighted by molar-refractivity contribution is -0.138. The van der Waals surface area contributed by atoms with Gasteiger partial charge in [0, 0.05) is 32.7 Å². The van der Waals surface area contributed by atoms with Gasteiger partial charge in [-0.05, 0) is 55.5 Å². The molecule has 0 bridgehead atoms. The number of piperidine rings is 1. The number of nitrogens with one attached hydrogen (secondary N) is 2. The first-order valence-electron chi connectivity index (χ1n) is 13.1. The molecule has 1 amide bonds. The van der Waals surface area contributed by atoms with Gasteiger partial charge < -0.3 is 20.7 Å². The molecule has 0 saturated carbocycles. The molecule has 39 heavy (non-hydrogen) atoms. The summed E-state index contributed by atoms with van der Waals surface area (Å²) in [5.41, 5.74) is 4.50. The maximum atomic E-state index is 13.5. The highest BCUT2D eigenvalue weighted by atomic mass is 35.5. The van der Waals surface area contributed by atoms with Crippen LogP contribution in [0.15, 0.2) is 29.2 Å². The van der Waals surface area contributed by atoms with E-state index in [-0.39, 0.29) is 43.2 Å². The normalized spacial score (nSPS) is 16.1. The Morgan fingerprint density at radius 1 is 1.13 bits per heavy atom. The van der Waals surface area contributed by atoms with Gasteiger partial charge in [-0.15, -0.1) is 12.4 Å². The van der Waals surface area contributed by atoms with E-state index >= 15 is 0 Å². The second-order valence-electron chi connectivity index (χ2n) is 9.89. The molecule has 0 atom stereocenters. The van der Waals surface area contributed by atoms with E-state index in [0.29, 0.717) is 25.4 Å². The van der Waals surface area contributed by atoms with E-state index in [1.54, 1.807) is 0 Å². The van der Waals surface area contributed by atoms with Crippen molar-refractivity contribution in [3.63, 3.8) is 0 Å². The van der Waals surface area contributed by atoms with Gasteiger partial charge in [-0.3, -0.25) is 14.5 Å². The number of likely N-dealkylation sites (tertiary alicyclic amines) is 1. The van der Waals surface area contributed by atoms with E-state index in [0.717, 1.165) is 68.9 Å². The molecule has 1 fully saturated rings. The van der Waals surface area contributed by atoms with E-state index in [2.05, 4.69) is 15.3 Å². The summed E-state index contributed by atoms with van der Waals surface area (Å²) in [6.45, 7) is 3.75. The Morgan fingerprint density at radius 2 is 1.85 bits per heavy atom. The Balaban J connectivity index is 0.00000420. The van der Waals surface area contributed by atoms with Crippen LogP contribution in [0.25, 0.3) is 0 Å². The van der Waals surface area contributed by atoms with Crippen molar-refractivity contribution in [3.8, 4) is 5.75 Å². The predicted octanol–water partition coefficient (Wildman–Crippen LogP) is 3.21. The van der Waals surface area contributed by atoms with Gasteiger partial charge in [0.15, 0.2) is 0 Å². The summed E-state index contributed by atoms with van der Waals surface area (Å²) in [5, 5.41) is 8.43. The smallest absolute Gasteiger partial charge is 0.423 e. The molecule has 13 heteroatoms. The number of ether oxygens (including phenoxy) is 1. The van der Waals surface area contributed by atoms with Crippen molar-refractivity contribution in [2.24, 2.45) is 5.73 Å². The number of hydrogen-bond donors (Lipinski definition) is 3. The number of H-pyrrole nitrogens is 1. The molecule has 3 heterocycles. The number of rotatable bonds is 11. The average molecular weight is 573 g/mol. The highest BCUT2D eigenvalue weighted by Crippen LogP contribution is 2.37. The third-order valence-electron chi connectivity index (χ3n) is 7.02. The minimum atomic E-state index is -4.78. The van der Waals surface area contributed by atoms with Crippen LogP contribution in [0.2, 0.25) is 0 Å². The summed E-state index contributed by atoms with van der Waals surface area (Å²) in [4.78, 5) is 27.7. The van der Waals surface area contributed by atoms with Crippen LogP contribution in [0.5, 0.6) is 5.75 Å². The van der Waals surface area contributed by atoms with Gasteiger partial charge >= 0.3 is 6.18 Å². The summed E-state index contributed by atoms with van der Waals surface area (Å²) < 4.78 is 46.7. The third kappa shape index (κ3) is 8.33. The summed E-state index contributed by atoms with van der Waals surface area (Å²) in [6, 6.07) is 5.54. The number of aromatic amines is 1. The number of nitrogens with zero attached hydrogens (tertiary/aromatic N) is 3. The average Bonchev–Trinajstić information content (AvgIpc) is 3.30. The highest BCUT2D eigenvalue weighted by Gasteiger charge is 2.39. The molecule has 1 saturated heterocycles. The second kappa shape index (κ2) is 14.0. The minimum absolute atomic E-state index is 0. The van der Waals surface area contributed by atoms with Crippen molar-refractivity contribution in [1.82, 2.24) is 20.4 Å². The molecule has 0 aliphatic carbocycles. The first kappa shape index (κ1) is 30.7. The Hall–Kier alpha value is -2.83. The first-order chi connectivity index (χ1) is 18.2. The third-order valence-corrected chi connectivity index (χ3v) is 7.02. The van der Waals surface area contributed by atoms with E-state index in [1.807, 2.05) is 23.3 Å². The number of carbonyl (C=O) groups is 1. The number of anilines is 1. The number of alkyl halides is 3. The van der Waals surface area contributed by atoms with Crippen LogP contribution in [0.1, 0.15) is 55.2 Å². The number of amides is 1. The van der Waals surface area contributed by atoms with Crippen molar-refractivity contribution >= 4 is 24.0 Å². The zero-order valence-electron chi connectivity index (χ0n) is 21.8. The number of halogens is 4. The molecule has 4 N–H and O–H groups in total. The zero-order chi connectivity index (χ0) is 27.1. The fourth-order valence-electron chi connectivity index (χ4n) is 5.00. The van der Waals surface area contributed by atoms with Crippen molar-refractivity contribution < 1.29 is 22.7 Å². The SMILES string of the molecule is Cl.NCCCCCCNC(=O)CN1CCC(Oc2ccc3c(c2)CN(c2cn[nH]c(=O)c2C(F)(F)F)C3)CC1. The fraction of sp³-hybridized carbons (Fsp3) is 0.577. The number of fused-ring (bicyclic) bond motifs is 1. The maximum Gasteiger partial charge on any atom is 0.423 e. The first-order valence-corrected chi connectivity index (χ1v) is 13.1. The summed E-state index contributed by atoms with van der Waals surface area (Å²) in [6.07, 6.45) is 1.97. The highest BCUT2D eigenvalue weighted by molar-refractivity contribution is 5.85. The number of unbranched alkanes of at least 4 members (excludes halogenated alkanes) is 3. The number of aromatic nitrogens is 2. The van der Waals surface area contributed by atoms with Gasteiger partial charge in [0.05, 0.1) is 18.4 Å². The number of benzene rings is 1. The summed E-state index contributed by atoms with van der Waals surface area (Å²) in [5.74, 6) is 0.701. The van der Waals surface area contributed by atoms with Crippen molar-refractivity contribution in [3.05, 3.63) is 51.4 Å². The van der Waals surface area contributed by atoms with Gasteiger partial charge in [-0.2, -0.15) is 18.3 Å². The number of carbonyl (C=O) groups excluding carboxylic acids is 1. The standard InChI is InChI=1S/C26H35F3N6O3.ClH/c27-26(28,29)24-22(14-32-33-25(24)37)35-15-18-5-6-21(13-19(18)16-35)38-20-7-11-34(12-8-20)17-23(36)31-10-4-2-1-3-9-30;/h5-6,13-14,20H,1-4,7-12,15-17,30H2,(H,31,36)(H,33,37);1H. The Kier molecular flexibility index (Phi) is 11.0. The Morgan fingerprint density at radius 3 is 2.56 bits per heavy atom. The fourth-order valence-corrected chi connectivity index (χ4v) is 5.00. The summed E-state index contributed by atoms with van der Waals surface area (Å²) >= 11 is 0. The van der Waals surface area contributed by atoms with Gasteiger partial charge in [0.1, 0.15) is 17.4 Å². The maximum absolute atomic E-state index is 13.5. The van der Waals surface area contributed by atoms with Crippen LogP contribution in [0.3, 0.4) is 0 Å².